The van der Waals surface area contributed by atoms with Crippen molar-refractivity contribution in [1.29, 1.82) is 0 Å². The van der Waals surface area contributed by atoms with Crippen LogP contribution in [0.25, 0.3) is 0 Å². The fraction of sp³-hybridized carbons (Fsp3) is 0.500. The summed E-state index contributed by atoms with van der Waals surface area (Å²) in [6, 6.07) is 6.58. The molecule has 0 saturated carbocycles. The predicted octanol–water partition coefficient (Wildman–Crippen LogP) is 2.65. The van der Waals surface area contributed by atoms with Gasteiger partial charge in [-0.15, -0.1) is 12.4 Å². The van der Waals surface area contributed by atoms with Gasteiger partial charge in [0.25, 0.3) is 0 Å². The summed E-state index contributed by atoms with van der Waals surface area (Å²) >= 11 is 0. The van der Waals surface area contributed by atoms with Crippen LogP contribution in [0.1, 0.15) is 30.9 Å². The van der Waals surface area contributed by atoms with E-state index in [1.807, 2.05) is 12.1 Å². The molecule has 0 aromatic heterocycles. The van der Waals surface area contributed by atoms with Crippen LogP contribution in [0.15, 0.2) is 18.2 Å². The largest absolute Gasteiger partial charge is 0.454 e. The number of hydrogen-bond donors (Lipinski definition) is 1. The van der Waals surface area contributed by atoms with Crippen molar-refractivity contribution in [2.75, 3.05) is 13.3 Å². The van der Waals surface area contributed by atoms with Crippen LogP contribution < -0.4 is 14.8 Å². The van der Waals surface area contributed by atoms with Crippen LogP contribution in [0, 0.1) is 0 Å². The molecule has 3 nitrogen and oxygen atoms in total. The second-order valence-corrected chi connectivity index (χ2v) is 4.08. The molecule has 1 saturated heterocycles. The summed E-state index contributed by atoms with van der Waals surface area (Å²) in [6.07, 6.45) is 3.77. The molecule has 0 aliphatic carbocycles. The Hall–Kier alpha value is -0.930. The van der Waals surface area contributed by atoms with Gasteiger partial charge in [0, 0.05) is 11.6 Å². The van der Waals surface area contributed by atoms with Crippen molar-refractivity contribution in [2.24, 2.45) is 0 Å². The molecule has 0 radical (unpaired) electrons. The molecule has 0 bridgehead atoms. The smallest absolute Gasteiger partial charge is 0.231 e. The van der Waals surface area contributed by atoms with Gasteiger partial charge in [0.15, 0.2) is 11.5 Å². The minimum absolute atomic E-state index is 0. The Kier molecular flexibility index (Phi) is 3.56. The predicted molar refractivity (Wildman–Crippen MR) is 64.4 cm³/mol. The fourth-order valence-electron chi connectivity index (χ4n) is 2.34. The standard InChI is InChI=1S/C12H15NO2.ClH/c1-2-7-13-10(5-1)9-4-3-6-11-12(9)15-8-14-11;/h3-4,6,10,13H,1-2,5,7-8H2;1H/t10-;/m1./s1. The van der Waals surface area contributed by atoms with Crippen molar-refractivity contribution in [3.05, 3.63) is 23.8 Å². The lowest BCUT2D eigenvalue weighted by atomic mass is 9.96. The van der Waals surface area contributed by atoms with Crippen LogP contribution in [0.2, 0.25) is 0 Å². The lowest BCUT2D eigenvalue weighted by Crippen LogP contribution is -2.26. The first-order chi connectivity index (χ1) is 7.45. The number of hydrogen-bond acceptors (Lipinski definition) is 3. The Labute approximate surface area is 102 Å². The highest BCUT2D eigenvalue weighted by atomic mass is 35.5. The first-order valence-electron chi connectivity index (χ1n) is 5.57. The summed E-state index contributed by atoms with van der Waals surface area (Å²) in [6.45, 7) is 1.47. The van der Waals surface area contributed by atoms with E-state index in [0.29, 0.717) is 12.8 Å². The third-order valence-corrected chi connectivity index (χ3v) is 3.11. The summed E-state index contributed by atoms with van der Waals surface area (Å²) in [5.41, 5.74) is 1.25. The number of halogens is 1. The normalized spacial score (nSPS) is 22.6. The van der Waals surface area contributed by atoms with Crippen LogP contribution in [0.4, 0.5) is 0 Å². The van der Waals surface area contributed by atoms with E-state index in [-0.39, 0.29) is 12.4 Å². The van der Waals surface area contributed by atoms with E-state index < -0.39 is 0 Å². The molecule has 3 rings (SSSR count). The number of benzene rings is 1. The summed E-state index contributed by atoms with van der Waals surface area (Å²) in [5.74, 6) is 1.83. The molecule has 1 aromatic carbocycles. The third kappa shape index (κ3) is 1.97. The summed E-state index contributed by atoms with van der Waals surface area (Å²) in [5, 5.41) is 3.53. The van der Waals surface area contributed by atoms with Crippen LogP contribution in [0.5, 0.6) is 11.5 Å². The number of nitrogens with one attached hydrogen (secondary N) is 1. The molecule has 88 valence electrons. The number of para-hydroxylation sites is 1. The van der Waals surface area contributed by atoms with Gasteiger partial charge in [-0.05, 0) is 25.5 Å². The van der Waals surface area contributed by atoms with Gasteiger partial charge < -0.3 is 14.8 Å². The van der Waals surface area contributed by atoms with E-state index in [0.717, 1.165) is 18.0 Å². The summed E-state index contributed by atoms with van der Waals surface area (Å²) in [7, 11) is 0. The van der Waals surface area contributed by atoms with Gasteiger partial charge in [0.1, 0.15) is 0 Å². The third-order valence-electron chi connectivity index (χ3n) is 3.11. The molecule has 4 heteroatoms. The Morgan fingerprint density at radius 2 is 2.12 bits per heavy atom. The first-order valence-corrected chi connectivity index (χ1v) is 5.57. The molecule has 1 fully saturated rings. The van der Waals surface area contributed by atoms with E-state index in [9.17, 15) is 0 Å². The second-order valence-electron chi connectivity index (χ2n) is 4.08. The van der Waals surface area contributed by atoms with Gasteiger partial charge in [-0.1, -0.05) is 18.6 Å². The molecule has 0 spiro atoms. The highest BCUT2D eigenvalue weighted by Gasteiger charge is 2.23. The minimum Gasteiger partial charge on any atom is -0.454 e. The Morgan fingerprint density at radius 1 is 1.19 bits per heavy atom. The van der Waals surface area contributed by atoms with Crippen LogP contribution in [-0.2, 0) is 0 Å². The zero-order valence-corrected chi connectivity index (χ0v) is 9.89. The lowest BCUT2D eigenvalue weighted by molar-refractivity contribution is 0.172. The van der Waals surface area contributed by atoms with Crippen molar-refractivity contribution in [3.8, 4) is 11.5 Å². The Balaban J connectivity index is 0.000000963. The molecular formula is C12H16ClNO2. The summed E-state index contributed by atoms with van der Waals surface area (Å²) < 4.78 is 10.9. The van der Waals surface area contributed by atoms with Gasteiger partial charge in [0.05, 0.1) is 0 Å². The first kappa shape index (κ1) is 11.6. The van der Waals surface area contributed by atoms with E-state index in [1.165, 1.54) is 24.8 Å². The molecule has 0 amide bonds. The van der Waals surface area contributed by atoms with Crippen LogP contribution in [0.3, 0.4) is 0 Å². The number of ether oxygens (including phenoxy) is 2. The van der Waals surface area contributed by atoms with Crippen molar-refractivity contribution < 1.29 is 9.47 Å². The Morgan fingerprint density at radius 3 is 2.94 bits per heavy atom. The molecular weight excluding hydrogens is 226 g/mol. The quantitative estimate of drug-likeness (QED) is 0.820. The van der Waals surface area contributed by atoms with Crippen molar-refractivity contribution in [1.82, 2.24) is 5.32 Å². The lowest BCUT2D eigenvalue weighted by Gasteiger charge is -2.24. The molecule has 2 aliphatic heterocycles. The molecule has 1 aromatic rings. The van der Waals surface area contributed by atoms with Gasteiger partial charge in [-0.2, -0.15) is 0 Å². The molecule has 2 aliphatic rings. The minimum atomic E-state index is 0. The monoisotopic (exact) mass is 241 g/mol. The van der Waals surface area contributed by atoms with Crippen molar-refractivity contribution in [3.63, 3.8) is 0 Å². The van der Waals surface area contributed by atoms with E-state index in [2.05, 4.69) is 11.4 Å². The van der Waals surface area contributed by atoms with Gasteiger partial charge in [0.2, 0.25) is 6.79 Å². The van der Waals surface area contributed by atoms with Crippen LogP contribution in [-0.4, -0.2) is 13.3 Å². The van der Waals surface area contributed by atoms with Gasteiger partial charge >= 0.3 is 0 Å². The maximum Gasteiger partial charge on any atom is 0.231 e. The second kappa shape index (κ2) is 4.93. The molecule has 16 heavy (non-hydrogen) atoms. The van der Waals surface area contributed by atoms with E-state index in [1.54, 1.807) is 0 Å². The molecule has 1 atom stereocenters. The average Bonchev–Trinajstić information content (AvgIpc) is 2.78. The van der Waals surface area contributed by atoms with E-state index >= 15 is 0 Å². The maximum absolute atomic E-state index is 5.52. The topological polar surface area (TPSA) is 30.5 Å². The van der Waals surface area contributed by atoms with Crippen molar-refractivity contribution in [2.45, 2.75) is 25.3 Å². The summed E-state index contributed by atoms with van der Waals surface area (Å²) in [4.78, 5) is 0. The molecule has 0 unspecified atom stereocenters. The zero-order valence-electron chi connectivity index (χ0n) is 9.07. The van der Waals surface area contributed by atoms with Gasteiger partial charge in [-0.3, -0.25) is 0 Å². The fourth-order valence-corrected chi connectivity index (χ4v) is 2.34. The zero-order chi connectivity index (χ0) is 10.1. The number of piperidine rings is 1. The average molecular weight is 242 g/mol. The van der Waals surface area contributed by atoms with Gasteiger partial charge in [-0.25, -0.2) is 0 Å². The van der Waals surface area contributed by atoms with E-state index in [4.69, 9.17) is 9.47 Å². The van der Waals surface area contributed by atoms with Crippen LogP contribution >= 0.6 is 12.4 Å². The number of fused-ring (bicyclic) bond motifs is 1. The Bertz CT molecular complexity index is 364. The SMILES string of the molecule is Cl.c1cc2c(c([C@H]3CCCCN3)c1)OCO2. The number of rotatable bonds is 1. The highest BCUT2D eigenvalue weighted by Crippen LogP contribution is 2.40. The maximum atomic E-state index is 5.52. The molecule has 1 N–H and O–H groups in total. The molecule has 2 heterocycles. The van der Waals surface area contributed by atoms with Crippen molar-refractivity contribution >= 4 is 12.4 Å². The highest BCUT2D eigenvalue weighted by molar-refractivity contribution is 5.85.